The molecular weight excluding hydrogens is 499 g/mol. The molecule has 3 aromatic carbocycles. The highest BCUT2D eigenvalue weighted by Crippen LogP contribution is 2.29. The summed E-state index contributed by atoms with van der Waals surface area (Å²) in [5, 5.41) is 0. The van der Waals surface area contributed by atoms with E-state index in [0.717, 1.165) is 12.8 Å². The Kier molecular flexibility index (Phi) is 9.57. The van der Waals surface area contributed by atoms with E-state index in [2.05, 4.69) is 18.5 Å². The lowest BCUT2D eigenvalue weighted by Gasteiger charge is -2.09. The minimum absolute atomic E-state index is 0.0970. The zero-order valence-corrected chi connectivity index (χ0v) is 21.8. The largest absolute Gasteiger partial charge is 0.494 e. The summed E-state index contributed by atoms with van der Waals surface area (Å²) in [5.74, 6) is -1.15. The fourth-order valence-electron chi connectivity index (χ4n) is 3.90. The normalized spacial score (nSPS) is 11.1. The molecule has 1 aromatic heterocycles. The fraction of sp³-hybridized carbons (Fsp3) is 0.182. The number of halogens is 3. The molecule has 4 rings (SSSR count). The highest BCUT2D eigenvalue weighted by atomic mass is 19.2. The van der Waals surface area contributed by atoms with Crippen LogP contribution < -0.4 is 9.47 Å². The standard InChI is InChI=1S/C33H30F3NO2/c1-3-5-19-38-27-14-9-23(10-15-27)30-17-11-24(32(35)33(30)36)7-12-26-13-8-25(22-37-26)29-18-16-28(21-31(29)34)39-20-6-4-2/h4,7-18,21-22H,2-3,5-6,19-20H2,1H3/b12-7+. The average molecular weight is 530 g/mol. The Bertz CT molecular complexity index is 1430. The molecule has 0 N–H and O–H groups in total. The lowest BCUT2D eigenvalue weighted by Crippen LogP contribution is -1.97. The van der Waals surface area contributed by atoms with Gasteiger partial charge in [-0.15, -0.1) is 6.58 Å². The van der Waals surface area contributed by atoms with Crippen LogP contribution in [0.3, 0.4) is 0 Å². The van der Waals surface area contributed by atoms with Gasteiger partial charge in [-0.1, -0.05) is 49.8 Å². The van der Waals surface area contributed by atoms with Gasteiger partial charge < -0.3 is 9.47 Å². The molecule has 0 aliphatic carbocycles. The lowest BCUT2D eigenvalue weighted by molar-refractivity contribution is 0.309. The van der Waals surface area contributed by atoms with Gasteiger partial charge in [-0.2, -0.15) is 0 Å². The van der Waals surface area contributed by atoms with E-state index in [9.17, 15) is 13.2 Å². The number of hydrogen-bond acceptors (Lipinski definition) is 3. The zero-order valence-electron chi connectivity index (χ0n) is 21.8. The van der Waals surface area contributed by atoms with Crippen molar-refractivity contribution < 1.29 is 22.6 Å². The Hall–Kier alpha value is -4.32. The van der Waals surface area contributed by atoms with Gasteiger partial charge in [-0.25, -0.2) is 13.2 Å². The molecule has 6 heteroatoms. The molecule has 0 saturated heterocycles. The van der Waals surface area contributed by atoms with Gasteiger partial charge in [0.15, 0.2) is 11.6 Å². The molecule has 4 aromatic rings. The monoisotopic (exact) mass is 529 g/mol. The molecule has 0 bridgehead atoms. The Balaban J connectivity index is 1.44. The van der Waals surface area contributed by atoms with E-state index < -0.39 is 17.5 Å². The van der Waals surface area contributed by atoms with Crippen molar-refractivity contribution in [3.8, 4) is 33.8 Å². The van der Waals surface area contributed by atoms with Crippen LogP contribution in [0.1, 0.15) is 37.4 Å². The highest BCUT2D eigenvalue weighted by Gasteiger charge is 2.14. The number of ether oxygens (including phenoxy) is 2. The molecule has 0 spiro atoms. The SMILES string of the molecule is C=CCCOc1ccc(-c2ccc(/C=C/c3ccc(-c4ccc(OCCCC)cc4)c(F)c3F)nc2)c(F)c1. The maximum absolute atomic E-state index is 14.9. The highest BCUT2D eigenvalue weighted by molar-refractivity contribution is 5.73. The Morgan fingerprint density at radius 2 is 1.49 bits per heavy atom. The van der Waals surface area contributed by atoms with Crippen LogP contribution in [0, 0.1) is 17.5 Å². The Labute approximate surface area is 227 Å². The molecule has 0 unspecified atom stereocenters. The second-order valence-corrected chi connectivity index (χ2v) is 8.93. The topological polar surface area (TPSA) is 31.4 Å². The third-order valence-electron chi connectivity index (χ3n) is 6.11. The molecule has 39 heavy (non-hydrogen) atoms. The number of aromatic nitrogens is 1. The second-order valence-electron chi connectivity index (χ2n) is 8.93. The van der Waals surface area contributed by atoms with Crippen LogP contribution in [0.25, 0.3) is 34.4 Å². The zero-order chi connectivity index (χ0) is 27.6. The van der Waals surface area contributed by atoms with E-state index in [1.165, 1.54) is 24.4 Å². The van der Waals surface area contributed by atoms with E-state index in [1.54, 1.807) is 66.7 Å². The predicted octanol–water partition coefficient (Wildman–Crippen LogP) is 9.14. The van der Waals surface area contributed by atoms with Crippen molar-refractivity contribution in [3.05, 3.63) is 114 Å². The summed E-state index contributed by atoms with van der Waals surface area (Å²) in [5.41, 5.74) is 2.33. The summed E-state index contributed by atoms with van der Waals surface area (Å²) >= 11 is 0. The van der Waals surface area contributed by atoms with Crippen molar-refractivity contribution in [2.45, 2.75) is 26.2 Å². The van der Waals surface area contributed by atoms with E-state index in [-0.39, 0.29) is 11.1 Å². The fourth-order valence-corrected chi connectivity index (χ4v) is 3.90. The molecule has 0 radical (unpaired) electrons. The first-order valence-electron chi connectivity index (χ1n) is 12.9. The molecule has 0 aliphatic heterocycles. The van der Waals surface area contributed by atoms with Crippen LogP contribution in [0.5, 0.6) is 11.5 Å². The third-order valence-corrected chi connectivity index (χ3v) is 6.11. The summed E-state index contributed by atoms with van der Waals surface area (Å²) < 4.78 is 55.5. The smallest absolute Gasteiger partial charge is 0.167 e. The minimum Gasteiger partial charge on any atom is -0.494 e. The number of unbranched alkanes of at least 4 members (excludes halogenated alkanes) is 1. The molecule has 200 valence electrons. The van der Waals surface area contributed by atoms with Gasteiger partial charge in [-0.3, -0.25) is 4.98 Å². The predicted molar refractivity (Wildman–Crippen MR) is 151 cm³/mol. The van der Waals surface area contributed by atoms with Gasteiger partial charge >= 0.3 is 0 Å². The van der Waals surface area contributed by atoms with Gasteiger partial charge in [0, 0.05) is 34.5 Å². The van der Waals surface area contributed by atoms with Crippen LogP contribution in [-0.2, 0) is 0 Å². The molecule has 0 saturated carbocycles. The van der Waals surface area contributed by atoms with Crippen molar-refractivity contribution in [2.75, 3.05) is 13.2 Å². The summed E-state index contributed by atoms with van der Waals surface area (Å²) in [7, 11) is 0. The summed E-state index contributed by atoms with van der Waals surface area (Å²) in [6, 6.07) is 18.1. The van der Waals surface area contributed by atoms with Crippen LogP contribution in [0.15, 0.2) is 85.6 Å². The van der Waals surface area contributed by atoms with Crippen LogP contribution in [-0.4, -0.2) is 18.2 Å². The van der Waals surface area contributed by atoms with Crippen LogP contribution in [0.2, 0.25) is 0 Å². The average Bonchev–Trinajstić information content (AvgIpc) is 2.95. The summed E-state index contributed by atoms with van der Waals surface area (Å²) in [6.07, 6.45) is 8.97. The Morgan fingerprint density at radius 3 is 2.18 bits per heavy atom. The molecule has 0 aliphatic rings. The number of pyridine rings is 1. The van der Waals surface area contributed by atoms with E-state index in [1.807, 2.05) is 0 Å². The first-order valence-corrected chi connectivity index (χ1v) is 12.9. The maximum atomic E-state index is 14.9. The number of hydrogen-bond donors (Lipinski definition) is 0. The lowest BCUT2D eigenvalue weighted by atomic mass is 10.0. The van der Waals surface area contributed by atoms with Gasteiger partial charge in [0.25, 0.3) is 0 Å². The van der Waals surface area contributed by atoms with Crippen LogP contribution >= 0.6 is 0 Å². The van der Waals surface area contributed by atoms with Crippen molar-refractivity contribution in [2.24, 2.45) is 0 Å². The van der Waals surface area contributed by atoms with Crippen molar-refractivity contribution in [3.63, 3.8) is 0 Å². The van der Waals surface area contributed by atoms with Crippen LogP contribution in [0.4, 0.5) is 13.2 Å². The van der Waals surface area contributed by atoms with E-state index in [0.29, 0.717) is 53.5 Å². The number of nitrogens with zero attached hydrogens (tertiary/aromatic N) is 1. The first-order chi connectivity index (χ1) is 19.0. The minimum atomic E-state index is -0.943. The van der Waals surface area contributed by atoms with Gasteiger partial charge in [0.2, 0.25) is 0 Å². The van der Waals surface area contributed by atoms with Crippen molar-refractivity contribution >= 4 is 12.2 Å². The molecule has 0 atom stereocenters. The molecule has 0 amide bonds. The Morgan fingerprint density at radius 1 is 0.769 bits per heavy atom. The second kappa shape index (κ2) is 13.5. The quantitative estimate of drug-likeness (QED) is 0.135. The third kappa shape index (κ3) is 7.17. The number of rotatable bonds is 12. The summed E-state index contributed by atoms with van der Waals surface area (Å²) in [6.45, 7) is 6.76. The maximum Gasteiger partial charge on any atom is 0.167 e. The molecule has 3 nitrogen and oxygen atoms in total. The van der Waals surface area contributed by atoms with Gasteiger partial charge in [0.05, 0.1) is 18.9 Å². The first kappa shape index (κ1) is 27.7. The van der Waals surface area contributed by atoms with E-state index >= 15 is 0 Å². The van der Waals surface area contributed by atoms with Crippen molar-refractivity contribution in [1.29, 1.82) is 0 Å². The van der Waals surface area contributed by atoms with E-state index in [4.69, 9.17) is 9.47 Å². The van der Waals surface area contributed by atoms with Crippen molar-refractivity contribution in [1.82, 2.24) is 4.98 Å². The number of benzene rings is 3. The van der Waals surface area contributed by atoms with Gasteiger partial charge in [0.1, 0.15) is 17.3 Å². The van der Waals surface area contributed by atoms with Gasteiger partial charge in [-0.05, 0) is 60.9 Å². The molecular formula is C33H30F3NO2. The molecule has 0 fully saturated rings. The summed E-state index contributed by atoms with van der Waals surface area (Å²) in [4.78, 5) is 4.32. The molecule has 1 heterocycles.